The molecule has 90 valence electrons. The fourth-order valence-corrected chi connectivity index (χ4v) is 2.11. The normalized spacial score (nSPS) is 25.9. The second kappa shape index (κ2) is 5.48. The van der Waals surface area contributed by atoms with Crippen molar-refractivity contribution in [3.8, 4) is 0 Å². The Morgan fingerprint density at radius 1 is 1.62 bits per heavy atom. The van der Waals surface area contributed by atoms with Crippen molar-refractivity contribution in [3.63, 3.8) is 0 Å². The van der Waals surface area contributed by atoms with Gasteiger partial charge in [0.2, 0.25) is 0 Å². The smallest absolute Gasteiger partial charge is 0.319 e. The lowest BCUT2D eigenvalue weighted by Crippen LogP contribution is -2.36. The summed E-state index contributed by atoms with van der Waals surface area (Å²) in [5.41, 5.74) is -0.966. The van der Waals surface area contributed by atoms with Crippen LogP contribution in [0.1, 0.15) is 39.5 Å². The Labute approximate surface area is 101 Å². The number of rotatable bonds is 4. The highest BCUT2D eigenvalue weighted by atomic mass is 35.5. The molecule has 16 heavy (non-hydrogen) atoms. The average Bonchev–Trinajstić information content (AvgIpc) is 2.58. The monoisotopic (exact) mass is 244 g/mol. The zero-order chi connectivity index (χ0) is 12.2. The van der Waals surface area contributed by atoms with Crippen molar-refractivity contribution in [1.82, 2.24) is 0 Å². The van der Waals surface area contributed by atoms with Gasteiger partial charge in [-0.2, -0.15) is 0 Å². The Hall–Kier alpha value is -0.830. The van der Waals surface area contributed by atoms with Crippen LogP contribution in [0, 0.1) is 5.41 Å². The summed E-state index contributed by atoms with van der Waals surface area (Å²) in [6.07, 6.45) is 3.88. The van der Waals surface area contributed by atoms with E-state index in [1.165, 1.54) is 0 Å². The number of carbonyl (C=O) groups is 2. The number of carbonyl (C=O) groups excluding carboxylic acids is 2. The maximum Gasteiger partial charge on any atom is 0.319 e. The second-order valence-corrected chi connectivity index (χ2v) is 4.67. The molecule has 0 aromatic rings. The number of Topliss-reactive ketones (excluding diaryl/α,β-unsaturated/α-hetero) is 1. The molecule has 0 saturated heterocycles. The first-order valence-corrected chi connectivity index (χ1v) is 5.93. The van der Waals surface area contributed by atoms with Gasteiger partial charge in [0.25, 0.3) is 0 Å². The van der Waals surface area contributed by atoms with E-state index in [2.05, 4.69) is 0 Å². The van der Waals surface area contributed by atoms with Crippen LogP contribution in [0.2, 0.25) is 0 Å². The minimum atomic E-state index is -0.966. The molecule has 0 spiro atoms. The fraction of sp³-hybridized carbons (Fsp3) is 0.667. The highest BCUT2D eigenvalue weighted by Crippen LogP contribution is 2.40. The zero-order valence-corrected chi connectivity index (χ0v) is 10.5. The predicted molar refractivity (Wildman–Crippen MR) is 62.2 cm³/mol. The molecule has 1 fully saturated rings. The molecule has 1 aliphatic rings. The molecule has 0 aliphatic heterocycles. The number of esters is 1. The molecule has 3 nitrogen and oxygen atoms in total. The number of hydrogen-bond donors (Lipinski definition) is 0. The standard InChI is InChI=1S/C12H17ClO3/c1-3-16-11(15)12(8-6-9(2)13)7-4-5-10(12)14/h6H,3-5,7-8H2,1-2H3/b9-6-/t12-/m1/s1. The minimum absolute atomic E-state index is 0.0138. The molecule has 0 radical (unpaired) electrons. The summed E-state index contributed by atoms with van der Waals surface area (Å²) in [4.78, 5) is 23.7. The molecule has 1 saturated carbocycles. The van der Waals surface area contributed by atoms with E-state index in [1.807, 2.05) is 0 Å². The number of ketones is 1. The SMILES string of the molecule is CCOC(=O)[C@@]1(C/C=C(/C)Cl)CCCC1=O. The van der Waals surface area contributed by atoms with E-state index in [0.717, 1.165) is 6.42 Å². The van der Waals surface area contributed by atoms with Gasteiger partial charge in [-0.05, 0) is 33.1 Å². The summed E-state index contributed by atoms with van der Waals surface area (Å²) in [6, 6.07) is 0. The van der Waals surface area contributed by atoms with Crippen LogP contribution in [0.3, 0.4) is 0 Å². The number of ether oxygens (including phenoxy) is 1. The van der Waals surface area contributed by atoms with Gasteiger partial charge in [0.05, 0.1) is 6.61 Å². The summed E-state index contributed by atoms with van der Waals surface area (Å²) in [5, 5.41) is 0.600. The molecule has 0 heterocycles. The van der Waals surface area contributed by atoms with Crippen LogP contribution in [0.4, 0.5) is 0 Å². The lowest BCUT2D eigenvalue weighted by Gasteiger charge is -2.23. The summed E-state index contributed by atoms with van der Waals surface area (Å²) < 4.78 is 5.00. The van der Waals surface area contributed by atoms with Crippen LogP contribution in [-0.2, 0) is 14.3 Å². The zero-order valence-electron chi connectivity index (χ0n) is 9.72. The van der Waals surface area contributed by atoms with Crippen molar-refractivity contribution >= 4 is 23.4 Å². The molecule has 1 rings (SSSR count). The fourth-order valence-electron chi connectivity index (χ4n) is 2.03. The molecule has 0 N–H and O–H groups in total. The van der Waals surface area contributed by atoms with Gasteiger partial charge in [-0.15, -0.1) is 0 Å². The van der Waals surface area contributed by atoms with Crippen molar-refractivity contribution < 1.29 is 14.3 Å². The average molecular weight is 245 g/mol. The molecular formula is C12H17ClO3. The second-order valence-electron chi connectivity index (χ2n) is 4.07. The van der Waals surface area contributed by atoms with Gasteiger partial charge >= 0.3 is 5.97 Å². The Balaban J connectivity index is 2.89. The Morgan fingerprint density at radius 2 is 2.31 bits per heavy atom. The topological polar surface area (TPSA) is 43.4 Å². The molecule has 0 bridgehead atoms. The Kier molecular flexibility index (Phi) is 4.54. The molecule has 1 aliphatic carbocycles. The Bertz CT molecular complexity index is 318. The van der Waals surface area contributed by atoms with Crippen molar-refractivity contribution in [2.75, 3.05) is 6.61 Å². The van der Waals surface area contributed by atoms with Gasteiger partial charge < -0.3 is 4.74 Å². The van der Waals surface area contributed by atoms with Crippen molar-refractivity contribution in [3.05, 3.63) is 11.1 Å². The maximum absolute atomic E-state index is 11.9. The summed E-state index contributed by atoms with van der Waals surface area (Å²) in [7, 11) is 0. The molecular weight excluding hydrogens is 228 g/mol. The van der Waals surface area contributed by atoms with Gasteiger partial charge in [-0.25, -0.2) is 0 Å². The van der Waals surface area contributed by atoms with Crippen LogP contribution in [0.5, 0.6) is 0 Å². The van der Waals surface area contributed by atoms with Gasteiger partial charge in [0, 0.05) is 11.5 Å². The van der Waals surface area contributed by atoms with E-state index in [0.29, 0.717) is 30.9 Å². The first kappa shape index (κ1) is 13.2. The highest BCUT2D eigenvalue weighted by Gasteiger charge is 2.48. The van der Waals surface area contributed by atoms with E-state index in [1.54, 1.807) is 19.9 Å². The maximum atomic E-state index is 11.9. The minimum Gasteiger partial charge on any atom is -0.465 e. The van der Waals surface area contributed by atoms with Crippen LogP contribution in [0.15, 0.2) is 11.1 Å². The van der Waals surface area contributed by atoms with E-state index in [4.69, 9.17) is 16.3 Å². The van der Waals surface area contributed by atoms with Gasteiger partial charge in [-0.3, -0.25) is 9.59 Å². The third-order valence-corrected chi connectivity index (χ3v) is 3.09. The number of hydrogen-bond acceptors (Lipinski definition) is 3. The van der Waals surface area contributed by atoms with Crippen LogP contribution in [-0.4, -0.2) is 18.4 Å². The first-order valence-electron chi connectivity index (χ1n) is 5.55. The quantitative estimate of drug-likeness (QED) is 0.564. The molecule has 1 atom stereocenters. The van der Waals surface area contributed by atoms with Gasteiger partial charge in [-0.1, -0.05) is 17.7 Å². The van der Waals surface area contributed by atoms with E-state index in [9.17, 15) is 9.59 Å². The van der Waals surface area contributed by atoms with Gasteiger partial charge in [0.15, 0.2) is 5.78 Å². The lowest BCUT2D eigenvalue weighted by atomic mass is 9.81. The molecule has 4 heteroatoms. The summed E-state index contributed by atoms with van der Waals surface area (Å²) >= 11 is 5.75. The number of halogens is 1. The molecule has 0 amide bonds. The summed E-state index contributed by atoms with van der Waals surface area (Å²) in [5.74, 6) is -0.410. The van der Waals surface area contributed by atoms with Crippen LogP contribution in [0.25, 0.3) is 0 Å². The highest BCUT2D eigenvalue weighted by molar-refractivity contribution is 6.29. The van der Waals surface area contributed by atoms with Crippen LogP contribution < -0.4 is 0 Å². The van der Waals surface area contributed by atoms with Crippen molar-refractivity contribution in [1.29, 1.82) is 0 Å². The van der Waals surface area contributed by atoms with E-state index >= 15 is 0 Å². The third kappa shape index (κ3) is 2.64. The molecule has 0 unspecified atom stereocenters. The summed E-state index contributed by atoms with van der Waals surface area (Å²) in [6.45, 7) is 3.78. The number of allylic oxidation sites excluding steroid dienone is 2. The Morgan fingerprint density at radius 3 is 2.75 bits per heavy atom. The van der Waals surface area contributed by atoms with Gasteiger partial charge in [0.1, 0.15) is 5.41 Å². The largest absolute Gasteiger partial charge is 0.465 e. The van der Waals surface area contributed by atoms with E-state index < -0.39 is 11.4 Å². The lowest BCUT2D eigenvalue weighted by molar-refractivity contribution is -0.158. The van der Waals surface area contributed by atoms with Crippen molar-refractivity contribution in [2.45, 2.75) is 39.5 Å². The molecule has 0 aromatic heterocycles. The van der Waals surface area contributed by atoms with Crippen molar-refractivity contribution in [2.24, 2.45) is 5.41 Å². The van der Waals surface area contributed by atoms with E-state index in [-0.39, 0.29) is 5.78 Å². The predicted octanol–water partition coefficient (Wildman–Crippen LogP) is 2.82. The first-order chi connectivity index (χ1) is 7.53. The third-order valence-electron chi connectivity index (χ3n) is 2.94. The van der Waals surface area contributed by atoms with Crippen LogP contribution >= 0.6 is 11.6 Å². The molecule has 0 aromatic carbocycles.